The molecule has 1 amide bonds. The van der Waals surface area contributed by atoms with Gasteiger partial charge in [-0.3, -0.25) is 9.59 Å². The SMILES string of the molecule is Cc1ccc(NC(=O)C(C#N)C(=O)OCC(F)(F)F)cc1. The van der Waals surface area contributed by atoms with Crippen LogP contribution in [0.1, 0.15) is 5.56 Å². The Hall–Kier alpha value is -2.56. The Bertz CT molecular complexity index is 562. The molecular formula is C13H11F3N2O3. The van der Waals surface area contributed by atoms with E-state index in [0.717, 1.165) is 5.56 Å². The van der Waals surface area contributed by atoms with E-state index in [1.807, 2.05) is 6.92 Å². The molecule has 0 fully saturated rings. The lowest BCUT2D eigenvalue weighted by Gasteiger charge is -2.11. The molecule has 112 valence electrons. The molecule has 0 aliphatic rings. The number of hydrogen-bond donors (Lipinski definition) is 1. The molecule has 1 unspecified atom stereocenters. The summed E-state index contributed by atoms with van der Waals surface area (Å²) in [5, 5.41) is 11.0. The maximum absolute atomic E-state index is 11.9. The molecule has 1 atom stereocenters. The van der Waals surface area contributed by atoms with E-state index in [1.54, 1.807) is 12.1 Å². The number of nitrogens with zero attached hydrogens (tertiary/aromatic N) is 1. The third kappa shape index (κ3) is 5.52. The third-order valence-electron chi connectivity index (χ3n) is 2.32. The Morgan fingerprint density at radius 3 is 2.38 bits per heavy atom. The molecule has 1 aromatic rings. The number of carbonyl (C=O) groups excluding carboxylic acids is 2. The molecule has 0 saturated carbocycles. The molecule has 0 aliphatic heterocycles. The lowest BCUT2D eigenvalue weighted by molar-refractivity contribution is -0.188. The van der Waals surface area contributed by atoms with Gasteiger partial charge in [-0.05, 0) is 19.1 Å². The second-order valence-corrected chi connectivity index (χ2v) is 4.14. The van der Waals surface area contributed by atoms with Crippen LogP contribution in [0.2, 0.25) is 0 Å². The van der Waals surface area contributed by atoms with E-state index in [4.69, 9.17) is 5.26 Å². The first-order chi connectivity index (χ1) is 9.73. The summed E-state index contributed by atoms with van der Waals surface area (Å²) >= 11 is 0. The van der Waals surface area contributed by atoms with Gasteiger partial charge in [-0.2, -0.15) is 18.4 Å². The van der Waals surface area contributed by atoms with Gasteiger partial charge in [0.2, 0.25) is 5.92 Å². The molecular weight excluding hydrogens is 289 g/mol. The minimum atomic E-state index is -4.72. The number of halogens is 3. The molecule has 1 rings (SSSR count). The number of benzene rings is 1. The topological polar surface area (TPSA) is 79.2 Å². The predicted octanol–water partition coefficient (Wildman–Crippen LogP) is 2.18. The maximum atomic E-state index is 11.9. The summed E-state index contributed by atoms with van der Waals surface area (Å²) in [7, 11) is 0. The van der Waals surface area contributed by atoms with Gasteiger partial charge in [-0.15, -0.1) is 0 Å². The van der Waals surface area contributed by atoms with Crippen molar-refractivity contribution < 1.29 is 27.5 Å². The highest BCUT2D eigenvalue weighted by Gasteiger charge is 2.34. The number of anilines is 1. The number of amides is 1. The molecule has 0 aliphatic carbocycles. The zero-order chi connectivity index (χ0) is 16.0. The van der Waals surface area contributed by atoms with Crippen LogP contribution in [0.25, 0.3) is 0 Å². The van der Waals surface area contributed by atoms with Crippen molar-refractivity contribution in [3.8, 4) is 6.07 Å². The first-order valence-electron chi connectivity index (χ1n) is 5.73. The summed E-state index contributed by atoms with van der Waals surface area (Å²) in [5.41, 5.74) is 1.24. The summed E-state index contributed by atoms with van der Waals surface area (Å²) < 4.78 is 39.6. The van der Waals surface area contributed by atoms with Crippen molar-refractivity contribution in [2.45, 2.75) is 13.1 Å². The molecule has 0 aromatic heterocycles. The maximum Gasteiger partial charge on any atom is 0.422 e. The number of alkyl halides is 3. The summed E-state index contributed by atoms with van der Waals surface area (Å²) in [6.07, 6.45) is -4.72. The fourth-order valence-corrected chi connectivity index (χ4v) is 1.31. The smallest absolute Gasteiger partial charge is 0.422 e. The van der Waals surface area contributed by atoms with Gasteiger partial charge in [0.15, 0.2) is 6.61 Å². The monoisotopic (exact) mass is 300 g/mol. The van der Waals surface area contributed by atoms with Gasteiger partial charge in [0, 0.05) is 5.69 Å². The standard InChI is InChI=1S/C13H11F3N2O3/c1-8-2-4-9(5-3-8)18-11(19)10(6-17)12(20)21-7-13(14,15)16/h2-5,10H,7H2,1H3,(H,18,19). The van der Waals surface area contributed by atoms with Gasteiger partial charge in [-0.1, -0.05) is 17.7 Å². The normalized spacial score (nSPS) is 12.1. The largest absolute Gasteiger partial charge is 0.455 e. The van der Waals surface area contributed by atoms with Crippen LogP contribution >= 0.6 is 0 Å². The molecule has 1 N–H and O–H groups in total. The van der Waals surface area contributed by atoms with E-state index < -0.39 is 30.6 Å². The van der Waals surface area contributed by atoms with Gasteiger partial charge >= 0.3 is 12.1 Å². The van der Waals surface area contributed by atoms with Gasteiger partial charge in [0.1, 0.15) is 0 Å². The predicted molar refractivity (Wildman–Crippen MR) is 65.9 cm³/mol. The Kier molecular flexibility index (Phi) is 5.30. The molecule has 0 heterocycles. The first kappa shape index (κ1) is 16.5. The fraction of sp³-hybridized carbons (Fsp3) is 0.308. The molecule has 0 saturated heterocycles. The highest BCUT2D eigenvalue weighted by Crippen LogP contribution is 2.16. The fourth-order valence-electron chi connectivity index (χ4n) is 1.31. The molecule has 21 heavy (non-hydrogen) atoms. The van der Waals surface area contributed by atoms with Crippen LogP contribution in [0.4, 0.5) is 18.9 Å². The average molecular weight is 300 g/mol. The minimum Gasteiger partial charge on any atom is -0.455 e. The number of hydrogen-bond acceptors (Lipinski definition) is 4. The lowest BCUT2D eigenvalue weighted by Crippen LogP contribution is -2.32. The van der Waals surface area contributed by atoms with Crippen molar-refractivity contribution in [1.82, 2.24) is 0 Å². The number of nitrogens with one attached hydrogen (secondary N) is 1. The van der Waals surface area contributed by atoms with Crippen molar-refractivity contribution in [3.05, 3.63) is 29.8 Å². The van der Waals surface area contributed by atoms with Crippen molar-refractivity contribution in [2.75, 3.05) is 11.9 Å². The molecule has 0 bridgehead atoms. The van der Waals surface area contributed by atoms with Gasteiger partial charge in [-0.25, -0.2) is 0 Å². The zero-order valence-electron chi connectivity index (χ0n) is 10.9. The Morgan fingerprint density at radius 2 is 1.90 bits per heavy atom. The number of rotatable bonds is 4. The van der Waals surface area contributed by atoms with E-state index in [9.17, 15) is 22.8 Å². The summed E-state index contributed by atoms with van der Waals surface area (Å²) in [6.45, 7) is -0.0278. The van der Waals surface area contributed by atoms with Crippen LogP contribution in [0.3, 0.4) is 0 Å². The van der Waals surface area contributed by atoms with Gasteiger partial charge < -0.3 is 10.1 Å². The Balaban J connectivity index is 2.67. The van der Waals surface area contributed by atoms with Crippen molar-refractivity contribution >= 4 is 17.6 Å². The van der Waals surface area contributed by atoms with Crippen molar-refractivity contribution in [3.63, 3.8) is 0 Å². The van der Waals surface area contributed by atoms with Crippen LogP contribution in [0, 0.1) is 24.2 Å². The summed E-state index contributed by atoms with van der Waals surface area (Å²) in [4.78, 5) is 23.0. The highest BCUT2D eigenvalue weighted by molar-refractivity contribution is 6.06. The van der Waals surface area contributed by atoms with E-state index >= 15 is 0 Å². The second kappa shape index (κ2) is 6.74. The van der Waals surface area contributed by atoms with Crippen LogP contribution in [-0.2, 0) is 14.3 Å². The first-order valence-corrected chi connectivity index (χ1v) is 5.73. The minimum absolute atomic E-state index is 0.314. The van der Waals surface area contributed by atoms with Crippen molar-refractivity contribution in [1.29, 1.82) is 5.26 Å². The van der Waals surface area contributed by atoms with E-state index in [2.05, 4.69) is 10.1 Å². The Morgan fingerprint density at radius 1 is 1.33 bits per heavy atom. The van der Waals surface area contributed by atoms with E-state index in [-0.39, 0.29) is 0 Å². The zero-order valence-corrected chi connectivity index (χ0v) is 10.9. The van der Waals surface area contributed by atoms with Crippen LogP contribution in [0.15, 0.2) is 24.3 Å². The third-order valence-corrected chi connectivity index (χ3v) is 2.32. The van der Waals surface area contributed by atoms with Crippen LogP contribution < -0.4 is 5.32 Å². The molecule has 0 radical (unpaired) electrons. The van der Waals surface area contributed by atoms with E-state index in [0.29, 0.717) is 5.69 Å². The number of esters is 1. The summed E-state index contributed by atoms with van der Waals surface area (Å²) in [6, 6.07) is 7.74. The van der Waals surface area contributed by atoms with E-state index in [1.165, 1.54) is 18.2 Å². The van der Waals surface area contributed by atoms with Gasteiger partial charge in [0.05, 0.1) is 6.07 Å². The van der Waals surface area contributed by atoms with Crippen LogP contribution in [-0.4, -0.2) is 24.7 Å². The summed E-state index contributed by atoms with van der Waals surface area (Å²) in [5.74, 6) is -4.55. The average Bonchev–Trinajstić information content (AvgIpc) is 2.39. The quantitative estimate of drug-likeness (QED) is 0.683. The second-order valence-electron chi connectivity index (χ2n) is 4.14. The molecule has 1 aromatic carbocycles. The van der Waals surface area contributed by atoms with Gasteiger partial charge in [0.25, 0.3) is 5.91 Å². The molecule has 8 heteroatoms. The Labute approximate surface area is 118 Å². The number of carbonyl (C=O) groups is 2. The number of ether oxygens (including phenoxy) is 1. The van der Waals surface area contributed by atoms with Crippen molar-refractivity contribution in [2.24, 2.45) is 5.92 Å². The van der Waals surface area contributed by atoms with Crippen LogP contribution in [0.5, 0.6) is 0 Å². The molecule has 5 nitrogen and oxygen atoms in total. The molecule has 0 spiro atoms. The number of aryl methyl sites for hydroxylation is 1. The lowest BCUT2D eigenvalue weighted by atomic mass is 10.1. The highest BCUT2D eigenvalue weighted by atomic mass is 19.4. The number of nitriles is 1.